The maximum atomic E-state index is 11.6. The number of nitrogens with two attached hydrogens (primary N) is 1. The van der Waals surface area contributed by atoms with Crippen molar-refractivity contribution in [3.8, 4) is 5.75 Å². The number of nitrogen functional groups attached to an aromatic ring is 1. The highest BCUT2D eigenvalue weighted by atomic mass is 16.7. The van der Waals surface area contributed by atoms with Gasteiger partial charge in [0.1, 0.15) is 5.75 Å². The zero-order valence-corrected chi connectivity index (χ0v) is 13.5. The van der Waals surface area contributed by atoms with Gasteiger partial charge in [0.2, 0.25) is 0 Å². The smallest absolute Gasteiger partial charge is 0.372 e. The van der Waals surface area contributed by atoms with E-state index in [1.54, 1.807) is 43.3 Å². The number of carbonyl (C=O) groups excluding carboxylic acids is 1. The van der Waals surface area contributed by atoms with Crippen molar-refractivity contribution in [2.45, 2.75) is 13.3 Å². The van der Waals surface area contributed by atoms with E-state index in [1.165, 1.54) is 12.1 Å². The lowest BCUT2D eigenvalue weighted by Gasteiger charge is -2.05. The van der Waals surface area contributed by atoms with Crippen molar-refractivity contribution in [1.82, 2.24) is 0 Å². The molecular weight excluding hydrogens is 326 g/mol. The van der Waals surface area contributed by atoms with Crippen LogP contribution in [0.4, 0.5) is 11.4 Å². The molecule has 0 aromatic heterocycles. The molecule has 2 aromatic carbocycles. The van der Waals surface area contributed by atoms with E-state index in [-0.39, 0.29) is 12.3 Å². The largest absolute Gasteiger partial charge is 0.482 e. The standard InChI is InChI=1S/C17H17N3O5/c1-12(10-13-2-6-15(7-3-13)20(22)23)19-25-17(21)11-24-16-8-4-14(18)5-9-16/h2-9H,10-11,18H2,1H3/b19-12+. The monoisotopic (exact) mass is 343 g/mol. The predicted octanol–water partition coefficient (Wildman–Crippen LogP) is 2.72. The molecular formula is C17H17N3O5. The summed E-state index contributed by atoms with van der Waals surface area (Å²) < 4.78 is 5.25. The van der Waals surface area contributed by atoms with E-state index in [9.17, 15) is 14.9 Å². The van der Waals surface area contributed by atoms with E-state index >= 15 is 0 Å². The molecule has 130 valence electrons. The highest BCUT2D eigenvalue weighted by Crippen LogP contribution is 2.14. The molecule has 0 aliphatic rings. The molecule has 0 spiro atoms. The van der Waals surface area contributed by atoms with Crippen LogP contribution in [0.2, 0.25) is 0 Å². The van der Waals surface area contributed by atoms with Crippen molar-refractivity contribution < 1.29 is 19.3 Å². The molecule has 0 saturated heterocycles. The summed E-state index contributed by atoms with van der Waals surface area (Å²) >= 11 is 0. The van der Waals surface area contributed by atoms with Crippen LogP contribution in [-0.4, -0.2) is 23.2 Å². The fraction of sp³-hybridized carbons (Fsp3) is 0.176. The van der Waals surface area contributed by atoms with Gasteiger partial charge in [-0.25, -0.2) is 4.79 Å². The second-order valence-electron chi connectivity index (χ2n) is 5.25. The summed E-state index contributed by atoms with van der Waals surface area (Å²) in [6.45, 7) is 1.41. The summed E-state index contributed by atoms with van der Waals surface area (Å²) in [4.78, 5) is 26.5. The van der Waals surface area contributed by atoms with Crippen LogP contribution in [0.1, 0.15) is 12.5 Å². The van der Waals surface area contributed by atoms with Crippen LogP contribution in [-0.2, 0) is 16.1 Å². The van der Waals surface area contributed by atoms with Gasteiger partial charge in [0.15, 0.2) is 6.61 Å². The molecule has 0 radical (unpaired) electrons. The molecule has 0 fully saturated rings. The summed E-state index contributed by atoms with van der Waals surface area (Å²) in [5, 5.41) is 14.3. The van der Waals surface area contributed by atoms with Gasteiger partial charge < -0.3 is 15.3 Å². The summed E-state index contributed by atoms with van der Waals surface area (Å²) in [7, 11) is 0. The number of nitro groups is 1. The molecule has 2 aromatic rings. The highest BCUT2D eigenvalue weighted by Gasteiger charge is 2.07. The normalized spacial score (nSPS) is 11.0. The van der Waals surface area contributed by atoms with Crippen molar-refractivity contribution in [3.05, 3.63) is 64.2 Å². The van der Waals surface area contributed by atoms with E-state index in [1.807, 2.05) is 0 Å². The minimum atomic E-state index is -0.639. The van der Waals surface area contributed by atoms with Gasteiger partial charge in [0.05, 0.1) is 10.6 Å². The van der Waals surface area contributed by atoms with Gasteiger partial charge in [-0.15, -0.1) is 0 Å². The average molecular weight is 343 g/mol. The minimum absolute atomic E-state index is 0.0181. The van der Waals surface area contributed by atoms with Gasteiger partial charge in [-0.2, -0.15) is 0 Å². The number of non-ortho nitro benzene ring substituents is 1. The van der Waals surface area contributed by atoms with Crippen LogP contribution in [0.25, 0.3) is 0 Å². The molecule has 2 N–H and O–H groups in total. The molecule has 0 aliphatic carbocycles. The Labute approximate surface area is 144 Å². The zero-order valence-electron chi connectivity index (χ0n) is 13.5. The van der Waals surface area contributed by atoms with E-state index in [0.717, 1.165) is 5.56 Å². The third-order valence-electron chi connectivity index (χ3n) is 3.15. The Hall–Kier alpha value is -3.42. The first kappa shape index (κ1) is 17.9. The van der Waals surface area contributed by atoms with Gasteiger partial charge in [-0.3, -0.25) is 10.1 Å². The molecule has 2 rings (SSSR count). The number of ether oxygens (including phenoxy) is 1. The Balaban J connectivity index is 1.80. The lowest BCUT2D eigenvalue weighted by Crippen LogP contribution is -2.13. The number of oxime groups is 1. The van der Waals surface area contributed by atoms with Crippen LogP contribution in [0.15, 0.2) is 53.7 Å². The summed E-state index contributed by atoms with van der Waals surface area (Å²) in [6, 6.07) is 12.7. The van der Waals surface area contributed by atoms with Crippen LogP contribution in [0, 0.1) is 10.1 Å². The van der Waals surface area contributed by atoms with Gasteiger partial charge in [0.25, 0.3) is 5.69 Å². The topological polar surface area (TPSA) is 117 Å². The maximum absolute atomic E-state index is 11.6. The highest BCUT2D eigenvalue weighted by molar-refractivity contribution is 5.84. The predicted molar refractivity (Wildman–Crippen MR) is 92.4 cm³/mol. The molecule has 0 bridgehead atoms. The molecule has 8 heteroatoms. The van der Waals surface area contributed by atoms with Crippen molar-refractivity contribution in [3.63, 3.8) is 0 Å². The van der Waals surface area contributed by atoms with Gasteiger partial charge >= 0.3 is 5.97 Å². The molecule has 0 heterocycles. The molecule has 25 heavy (non-hydrogen) atoms. The summed E-state index contributed by atoms with van der Waals surface area (Å²) in [5.41, 5.74) is 7.54. The van der Waals surface area contributed by atoms with Crippen molar-refractivity contribution in [1.29, 1.82) is 0 Å². The Bertz CT molecular complexity index is 770. The van der Waals surface area contributed by atoms with Crippen LogP contribution < -0.4 is 10.5 Å². The fourth-order valence-electron chi connectivity index (χ4n) is 1.92. The van der Waals surface area contributed by atoms with E-state index < -0.39 is 10.9 Å². The van der Waals surface area contributed by atoms with Gasteiger partial charge in [0, 0.05) is 24.2 Å². The molecule has 0 amide bonds. The van der Waals surface area contributed by atoms with Gasteiger partial charge in [-0.1, -0.05) is 17.3 Å². The third kappa shape index (κ3) is 5.94. The first-order valence-corrected chi connectivity index (χ1v) is 7.39. The third-order valence-corrected chi connectivity index (χ3v) is 3.15. The molecule has 0 atom stereocenters. The zero-order chi connectivity index (χ0) is 18.2. The fourth-order valence-corrected chi connectivity index (χ4v) is 1.92. The van der Waals surface area contributed by atoms with E-state index in [4.69, 9.17) is 15.3 Å². The Kier molecular flexibility index (Phi) is 6.05. The van der Waals surface area contributed by atoms with Crippen LogP contribution >= 0.6 is 0 Å². The number of benzene rings is 2. The van der Waals surface area contributed by atoms with E-state index in [0.29, 0.717) is 23.6 Å². The molecule has 0 saturated carbocycles. The number of anilines is 1. The number of nitro benzene ring substituents is 1. The second kappa shape index (κ2) is 8.44. The number of rotatable bonds is 7. The molecule has 0 aliphatic heterocycles. The number of nitrogens with zero attached hydrogens (tertiary/aromatic N) is 2. The quantitative estimate of drug-likeness (QED) is 0.271. The lowest BCUT2D eigenvalue weighted by molar-refractivity contribution is -0.384. The maximum Gasteiger partial charge on any atom is 0.372 e. The summed E-state index contributed by atoms with van der Waals surface area (Å²) in [6.07, 6.45) is 0.407. The lowest BCUT2D eigenvalue weighted by atomic mass is 10.1. The molecule has 0 unspecified atom stereocenters. The number of hydrogen-bond donors (Lipinski definition) is 1. The first-order chi connectivity index (χ1) is 11.9. The number of hydrogen-bond acceptors (Lipinski definition) is 7. The molecule has 8 nitrogen and oxygen atoms in total. The Morgan fingerprint density at radius 1 is 1.16 bits per heavy atom. The average Bonchev–Trinajstić information content (AvgIpc) is 2.60. The number of carbonyl (C=O) groups is 1. The minimum Gasteiger partial charge on any atom is -0.482 e. The van der Waals surface area contributed by atoms with Gasteiger partial charge in [-0.05, 0) is 36.8 Å². The van der Waals surface area contributed by atoms with Crippen molar-refractivity contribution >= 4 is 23.1 Å². The van der Waals surface area contributed by atoms with Crippen molar-refractivity contribution in [2.24, 2.45) is 5.16 Å². The second-order valence-corrected chi connectivity index (χ2v) is 5.25. The Morgan fingerprint density at radius 2 is 1.80 bits per heavy atom. The SMILES string of the molecule is C/C(Cc1ccc([N+](=O)[O-])cc1)=N\OC(=O)COc1ccc(N)cc1. The van der Waals surface area contributed by atoms with Crippen LogP contribution in [0.5, 0.6) is 5.75 Å². The Morgan fingerprint density at radius 3 is 2.40 bits per heavy atom. The van der Waals surface area contributed by atoms with Crippen LogP contribution in [0.3, 0.4) is 0 Å². The summed E-state index contributed by atoms with van der Waals surface area (Å²) in [5.74, 6) is -0.141. The van der Waals surface area contributed by atoms with E-state index in [2.05, 4.69) is 5.16 Å². The first-order valence-electron chi connectivity index (χ1n) is 7.39. The van der Waals surface area contributed by atoms with Crippen molar-refractivity contribution in [2.75, 3.05) is 12.3 Å².